The van der Waals surface area contributed by atoms with Crippen molar-refractivity contribution < 1.29 is 29.3 Å². The van der Waals surface area contributed by atoms with E-state index in [2.05, 4.69) is 21.6 Å². The average Bonchev–Trinajstić information content (AvgIpc) is 3.66. The summed E-state index contributed by atoms with van der Waals surface area (Å²) in [5.41, 5.74) is -1.35. The first-order valence-corrected chi connectivity index (χ1v) is 10.3. The average molecular weight is 433 g/mol. The van der Waals surface area contributed by atoms with Gasteiger partial charge in [0.1, 0.15) is 0 Å². The second-order valence-corrected chi connectivity index (χ2v) is 7.56. The van der Waals surface area contributed by atoms with Crippen LogP contribution in [0.2, 0.25) is 0 Å². The Morgan fingerprint density at radius 3 is 1.61 bits per heavy atom. The van der Waals surface area contributed by atoms with E-state index >= 15 is 0 Å². The number of epoxide rings is 2. The molecule has 4 unspecified atom stereocenters. The van der Waals surface area contributed by atoms with E-state index < -0.39 is 17.2 Å². The summed E-state index contributed by atoms with van der Waals surface area (Å²) in [6.45, 7) is 6.43. The summed E-state index contributed by atoms with van der Waals surface area (Å²) in [5.74, 6) is 0. The van der Waals surface area contributed by atoms with Crippen molar-refractivity contribution in [3.63, 3.8) is 0 Å². The van der Waals surface area contributed by atoms with Crippen LogP contribution in [0.1, 0.15) is 33.1 Å². The first kappa shape index (κ1) is 26.6. The molecule has 0 amide bonds. The molecule has 4 rings (SSSR count). The molecule has 2 aliphatic carbocycles. The van der Waals surface area contributed by atoms with E-state index in [0.29, 0.717) is 25.4 Å². The van der Waals surface area contributed by atoms with Gasteiger partial charge in [-0.15, -0.1) is 0 Å². The molecule has 0 spiro atoms. The number of nitrogens with zero attached hydrogens (tertiary/aromatic N) is 2. The van der Waals surface area contributed by atoms with Crippen LogP contribution in [0.3, 0.4) is 0 Å². The zero-order chi connectivity index (χ0) is 23.0. The van der Waals surface area contributed by atoms with Crippen molar-refractivity contribution in [1.82, 2.24) is 0 Å². The number of hydrogen-bond acceptors (Lipinski definition) is 8. The molecule has 31 heavy (non-hydrogen) atoms. The van der Waals surface area contributed by atoms with Crippen molar-refractivity contribution in [1.29, 1.82) is 0 Å². The van der Waals surface area contributed by atoms with Crippen molar-refractivity contribution in [2.24, 2.45) is 9.98 Å². The molecule has 2 N–H and O–H groups in total. The van der Waals surface area contributed by atoms with Gasteiger partial charge < -0.3 is 19.7 Å². The fourth-order valence-corrected chi connectivity index (χ4v) is 2.62. The lowest BCUT2D eigenvalue weighted by Crippen LogP contribution is -2.37. The minimum atomic E-state index is -0.674. The number of hydrogen-bond donors (Lipinski definition) is 2. The van der Waals surface area contributed by atoms with Crippen LogP contribution in [0.4, 0.5) is 0 Å². The zero-order valence-electron chi connectivity index (χ0n) is 18.1. The molecule has 0 radical (unpaired) electrons. The minimum Gasteiger partial charge on any atom is -0.394 e. The standard InChI is InChI=1S/C15H14N2O2.C3H8O2.C3H6O.C2H4O/c18-12-16-14(7-3-1-4-8-14)11-15(17-13-19)9-5-2-6-10-15;1-3(5)2-4;1-3-2-4-3;1-2-3-1/h1-7,9H,8,10-11H2;3-5H,2H2,1H3;3H,2H2,1H3;1-2H2. The predicted molar refractivity (Wildman–Crippen MR) is 117 cm³/mol. The Labute approximate surface area is 183 Å². The van der Waals surface area contributed by atoms with Gasteiger partial charge in [0.05, 0.1) is 49.7 Å². The van der Waals surface area contributed by atoms with Crippen LogP contribution in [0.25, 0.3) is 0 Å². The highest BCUT2D eigenvalue weighted by atomic mass is 16.6. The van der Waals surface area contributed by atoms with Crippen molar-refractivity contribution in [3.8, 4) is 0 Å². The van der Waals surface area contributed by atoms with E-state index in [0.717, 1.165) is 19.8 Å². The lowest BCUT2D eigenvalue weighted by molar-refractivity contribution is 0.110. The van der Waals surface area contributed by atoms with E-state index in [9.17, 15) is 9.59 Å². The van der Waals surface area contributed by atoms with Crippen molar-refractivity contribution in [3.05, 3.63) is 48.6 Å². The first-order chi connectivity index (χ1) is 14.9. The Hall–Kier alpha value is -2.44. The molecule has 170 valence electrons. The Balaban J connectivity index is 0.000000322. The molecule has 0 aromatic carbocycles. The van der Waals surface area contributed by atoms with Crippen LogP contribution in [0, 0.1) is 0 Å². The molecule has 4 atom stereocenters. The van der Waals surface area contributed by atoms with Crippen LogP contribution in [-0.2, 0) is 19.1 Å². The molecule has 2 fully saturated rings. The summed E-state index contributed by atoms with van der Waals surface area (Å²) in [6.07, 6.45) is 20.1. The number of aliphatic hydroxyl groups is 2. The van der Waals surface area contributed by atoms with Gasteiger partial charge in [-0.1, -0.05) is 48.6 Å². The summed E-state index contributed by atoms with van der Waals surface area (Å²) in [6, 6.07) is 0. The second kappa shape index (κ2) is 14.5. The van der Waals surface area contributed by atoms with Gasteiger partial charge in [0.15, 0.2) is 0 Å². The molecule has 0 aromatic heterocycles. The molecule has 2 saturated heterocycles. The van der Waals surface area contributed by atoms with Crippen molar-refractivity contribution in [2.45, 2.75) is 56.4 Å². The Morgan fingerprint density at radius 2 is 1.42 bits per heavy atom. The fourth-order valence-electron chi connectivity index (χ4n) is 2.62. The van der Waals surface area contributed by atoms with E-state index in [4.69, 9.17) is 14.9 Å². The summed E-state index contributed by atoms with van der Waals surface area (Å²) in [4.78, 5) is 29.3. The quantitative estimate of drug-likeness (QED) is 0.390. The highest BCUT2D eigenvalue weighted by Gasteiger charge is 2.38. The third kappa shape index (κ3) is 12.8. The number of allylic oxidation sites excluding steroid dienone is 4. The largest absolute Gasteiger partial charge is 0.394 e. The number of rotatable bonds is 5. The Kier molecular flexibility index (Phi) is 12.5. The van der Waals surface area contributed by atoms with Crippen LogP contribution >= 0.6 is 0 Å². The minimum absolute atomic E-state index is 0.139. The van der Waals surface area contributed by atoms with Gasteiger partial charge >= 0.3 is 0 Å². The summed E-state index contributed by atoms with van der Waals surface area (Å²) in [7, 11) is 0. The van der Waals surface area contributed by atoms with Crippen LogP contribution in [0.5, 0.6) is 0 Å². The molecule has 2 heterocycles. The van der Waals surface area contributed by atoms with Gasteiger partial charge in [0.2, 0.25) is 12.2 Å². The number of aliphatic hydroxyl groups excluding tert-OH is 2. The SMILES string of the molecule is C1CO1.CC(O)CO.CC1CO1.O=C=NC1(CC2(N=C=O)C=CC=CC2)C=CC=CC1. The van der Waals surface area contributed by atoms with E-state index in [-0.39, 0.29) is 6.61 Å². The van der Waals surface area contributed by atoms with Crippen LogP contribution in [-0.4, -0.2) is 72.1 Å². The maximum atomic E-state index is 10.7. The van der Waals surface area contributed by atoms with Gasteiger partial charge in [-0.2, -0.15) is 9.98 Å². The highest BCUT2D eigenvalue weighted by molar-refractivity contribution is 5.42. The van der Waals surface area contributed by atoms with Crippen molar-refractivity contribution in [2.75, 3.05) is 26.4 Å². The smallest absolute Gasteiger partial charge is 0.235 e. The number of aliphatic imine (C=N–C) groups is 2. The van der Waals surface area contributed by atoms with Crippen molar-refractivity contribution >= 4 is 12.2 Å². The van der Waals surface area contributed by atoms with Gasteiger partial charge in [-0.3, -0.25) is 0 Å². The molecular formula is C23H32N2O6. The topological polar surface area (TPSA) is 124 Å². The van der Waals surface area contributed by atoms with Gasteiger partial charge in [-0.25, -0.2) is 9.59 Å². The van der Waals surface area contributed by atoms with Gasteiger partial charge in [0.25, 0.3) is 0 Å². The number of isocyanates is 2. The van der Waals surface area contributed by atoms with Gasteiger partial charge in [-0.05, 0) is 26.7 Å². The molecule has 0 aromatic rings. The summed E-state index contributed by atoms with van der Waals surface area (Å²) < 4.78 is 9.21. The van der Waals surface area contributed by atoms with Gasteiger partial charge in [0, 0.05) is 6.42 Å². The predicted octanol–water partition coefficient (Wildman–Crippen LogP) is 2.34. The molecule has 8 heteroatoms. The molecule has 4 aliphatic rings. The Morgan fingerprint density at radius 1 is 1.03 bits per heavy atom. The van der Waals surface area contributed by atoms with E-state index in [1.165, 1.54) is 6.92 Å². The zero-order valence-corrected chi connectivity index (χ0v) is 18.1. The van der Waals surface area contributed by atoms with Crippen LogP contribution in [0.15, 0.2) is 58.6 Å². The maximum absolute atomic E-state index is 10.7. The number of carbonyl (C=O) groups excluding carboxylic acids is 2. The van der Waals surface area contributed by atoms with E-state index in [1.807, 2.05) is 48.6 Å². The van der Waals surface area contributed by atoms with E-state index in [1.54, 1.807) is 12.2 Å². The monoisotopic (exact) mass is 432 g/mol. The summed E-state index contributed by atoms with van der Waals surface area (Å²) in [5, 5.41) is 16.0. The first-order valence-electron chi connectivity index (χ1n) is 10.3. The normalized spacial score (nSPS) is 29.2. The number of ether oxygens (including phenoxy) is 2. The lowest BCUT2D eigenvalue weighted by Gasteiger charge is -2.34. The maximum Gasteiger partial charge on any atom is 0.235 e. The molecular weight excluding hydrogens is 400 g/mol. The van der Waals surface area contributed by atoms with Crippen LogP contribution < -0.4 is 0 Å². The molecule has 0 saturated carbocycles. The second-order valence-electron chi connectivity index (χ2n) is 7.56. The third-order valence-electron chi connectivity index (χ3n) is 4.37. The third-order valence-corrected chi connectivity index (χ3v) is 4.37. The summed E-state index contributed by atoms with van der Waals surface area (Å²) >= 11 is 0. The fraction of sp³-hybridized carbons (Fsp3) is 0.565. The Bertz CT molecular complexity index is 688. The highest BCUT2D eigenvalue weighted by Crippen LogP contribution is 2.37. The molecule has 8 nitrogen and oxygen atoms in total. The lowest BCUT2D eigenvalue weighted by atomic mass is 9.76. The molecule has 0 bridgehead atoms. The molecule has 2 aliphatic heterocycles.